The molecule has 1 N–H and O–H groups in total. The van der Waals surface area contributed by atoms with Crippen LogP contribution in [-0.2, 0) is 0 Å². The van der Waals surface area contributed by atoms with Gasteiger partial charge in [-0.05, 0) is 73.2 Å². The normalized spacial score (nSPS) is 15.3. The Labute approximate surface area is 179 Å². The minimum atomic E-state index is 0.0420. The first-order valence-electron chi connectivity index (χ1n) is 10.2. The zero-order chi connectivity index (χ0) is 20.4. The Kier molecular flexibility index (Phi) is 6.18. The SMILES string of the molecule is CPc1cc(Cl)cc(-c2ccc3ncc(C(C)=O)c(NC4CCCCC4)c3c2)c1. The average molecular weight is 425 g/mol. The predicted octanol–water partition coefficient (Wildman–Crippen LogP) is 6.44. The zero-order valence-electron chi connectivity index (χ0n) is 16.9. The molecule has 0 bridgehead atoms. The van der Waals surface area contributed by atoms with Gasteiger partial charge in [0, 0.05) is 22.6 Å². The standard InChI is InChI=1S/C24H26ClN2OP/c1-15(28)22-14-26-23-9-8-16(17-10-18(25)13-20(11-17)29-2)12-21(23)24(22)27-19-6-4-3-5-7-19/h8-14,19,29H,3-7H2,1-2H3,(H,26,27). The minimum Gasteiger partial charge on any atom is -0.381 e. The predicted molar refractivity (Wildman–Crippen MR) is 127 cm³/mol. The number of nitrogens with one attached hydrogen (secondary N) is 1. The molecule has 1 aromatic heterocycles. The molecular weight excluding hydrogens is 399 g/mol. The molecule has 1 aliphatic rings. The van der Waals surface area contributed by atoms with Crippen molar-refractivity contribution in [3.8, 4) is 11.1 Å². The van der Waals surface area contributed by atoms with Crippen LogP contribution in [0.3, 0.4) is 0 Å². The van der Waals surface area contributed by atoms with Gasteiger partial charge in [-0.15, -0.1) is 0 Å². The summed E-state index contributed by atoms with van der Waals surface area (Å²) in [5.74, 6) is 0.0420. The third-order valence-electron chi connectivity index (χ3n) is 5.72. The van der Waals surface area contributed by atoms with Gasteiger partial charge in [0.1, 0.15) is 0 Å². The van der Waals surface area contributed by atoms with Crippen LogP contribution in [-0.4, -0.2) is 23.5 Å². The highest BCUT2D eigenvalue weighted by atomic mass is 35.5. The summed E-state index contributed by atoms with van der Waals surface area (Å²) in [5.41, 5.74) is 4.68. The van der Waals surface area contributed by atoms with E-state index in [1.54, 1.807) is 13.1 Å². The van der Waals surface area contributed by atoms with Crippen molar-refractivity contribution in [1.82, 2.24) is 4.98 Å². The number of hydrogen-bond donors (Lipinski definition) is 1. The maximum Gasteiger partial charge on any atom is 0.163 e. The number of fused-ring (bicyclic) bond motifs is 1. The van der Waals surface area contributed by atoms with Gasteiger partial charge in [-0.2, -0.15) is 0 Å². The van der Waals surface area contributed by atoms with Crippen LogP contribution in [0, 0.1) is 0 Å². The Balaban J connectivity index is 1.84. The third kappa shape index (κ3) is 4.47. The van der Waals surface area contributed by atoms with Crippen LogP contribution in [0.15, 0.2) is 42.6 Å². The molecule has 0 radical (unpaired) electrons. The topological polar surface area (TPSA) is 42.0 Å². The summed E-state index contributed by atoms with van der Waals surface area (Å²) in [5, 5.41) is 6.69. The summed E-state index contributed by atoms with van der Waals surface area (Å²) in [6.07, 6.45) is 7.79. The van der Waals surface area contributed by atoms with E-state index in [0.717, 1.165) is 45.6 Å². The number of pyridine rings is 1. The van der Waals surface area contributed by atoms with Crippen molar-refractivity contribution in [2.75, 3.05) is 12.0 Å². The maximum absolute atomic E-state index is 12.3. The smallest absolute Gasteiger partial charge is 0.163 e. The molecule has 3 aromatic rings. The summed E-state index contributed by atoms with van der Waals surface area (Å²) in [6, 6.07) is 12.9. The van der Waals surface area contributed by atoms with Crippen LogP contribution in [0.25, 0.3) is 22.0 Å². The quantitative estimate of drug-likeness (QED) is 0.378. The Morgan fingerprint density at radius 3 is 2.62 bits per heavy atom. The maximum atomic E-state index is 12.3. The molecule has 0 saturated heterocycles. The monoisotopic (exact) mass is 424 g/mol. The number of anilines is 1. The van der Waals surface area contributed by atoms with Gasteiger partial charge >= 0.3 is 0 Å². The number of ketones is 1. The fourth-order valence-electron chi connectivity index (χ4n) is 4.15. The number of Topliss-reactive ketones (excluding diaryl/α,β-unsaturated/α-hetero) is 1. The molecule has 0 amide bonds. The van der Waals surface area contributed by atoms with Crippen molar-refractivity contribution in [1.29, 1.82) is 0 Å². The molecule has 2 aromatic carbocycles. The Hall–Kier alpha value is -1.96. The van der Waals surface area contributed by atoms with Gasteiger partial charge in [0.15, 0.2) is 5.78 Å². The van der Waals surface area contributed by atoms with E-state index >= 15 is 0 Å². The molecule has 0 aliphatic heterocycles. The van der Waals surface area contributed by atoms with Gasteiger partial charge in [-0.1, -0.05) is 45.5 Å². The summed E-state index contributed by atoms with van der Waals surface area (Å²) < 4.78 is 0. The largest absolute Gasteiger partial charge is 0.381 e. The summed E-state index contributed by atoms with van der Waals surface area (Å²) in [6.45, 7) is 3.77. The van der Waals surface area contributed by atoms with E-state index in [4.69, 9.17) is 11.6 Å². The molecule has 1 saturated carbocycles. The number of aromatic nitrogens is 1. The highest BCUT2D eigenvalue weighted by Gasteiger charge is 2.19. The van der Waals surface area contributed by atoms with E-state index in [9.17, 15) is 4.79 Å². The minimum absolute atomic E-state index is 0.0420. The molecule has 1 atom stereocenters. The zero-order valence-corrected chi connectivity index (χ0v) is 18.6. The van der Waals surface area contributed by atoms with Gasteiger partial charge in [-0.3, -0.25) is 9.78 Å². The summed E-state index contributed by atoms with van der Waals surface area (Å²) >= 11 is 6.36. The van der Waals surface area contributed by atoms with Crippen LogP contribution in [0.4, 0.5) is 5.69 Å². The molecule has 0 spiro atoms. The van der Waals surface area contributed by atoms with Crippen molar-refractivity contribution < 1.29 is 4.79 Å². The van der Waals surface area contributed by atoms with Crippen LogP contribution < -0.4 is 10.6 Å². The lowest BCUT2D eigenvalue weighted by Gasteiger charge is -2.25. The van der Waals surface area contributed by atoms with Gasteiger partial charge in [0.25, 0.3) is 0 Å². The molecule has 5 heteroatoms. The molecule has 3 nitrogen and oxygen atoms in total. The second-order valence-corrected chi connectivity index (χ2v) is 9.31. The molecular formula is C24H26ClN2OP. The lowest BCUT2D eigenvalue weighted by atomic mass is 9.94. The van der Waals surface area contributed by atoms with Crippen molar-refractivity contribution in [2.45, 2.75) is 45.1 Å². The van der Waals surface area contributed by atoms with E-state index < -0.39 is 0 Å². The van der Waals surface area contributed by atoms with Gasteiger partial charge < -0.3 is 5.32 Å². The van der Waals surface area contributed by atoms with Crippen LogP contribution >= 0.6 is 20.2 Å². The summed E-state index contributed by atoms with van der Waals surface area (Å²) in [7, 11) is 0.690. The Bertz CT molecular complexity index is 1060. The number of benzene rings is 2. The van der Waals surface area contributed by atoms with Gasteiger partial charge in [0.05, 0.1) is 16.8 Å². The van der Waals surface area contributed by atoms with E-state index in [1.807, 2.05) is 18.2 Å². The van der Waals surface area contributed by atoms with Crippen molar-refractivity contribution >= 4 is 47.9 Å². The van der Waals surface area contributed by atoms with E-state index in [0.29, 0.717) is 20.2 Å². The number of halogens is 1. The molecule has 29 heavy (non-hydrogen) atoms. The number of hydrogen-bond acceptors (Lipinski definition) is 3. The van der Waals surface area contributed by atoms with Crippen molar-refractivity contribution in [2.24, 2.45) is 0 Å². The fourth-order valence-corrected chi connectivity index (χ4v) is 5.07. The average Bonchev–Trinajstić information content (AvgIpc) is 2.73. The molecule has 4 rings (SSSR count). The van der Waals surface area contributed by atoms with Crippen molar-refractivity contribution in [3.63, 3.8) is 0 Å². The Morgan fingerprint density at radius 2 is 1.90 bits per heavy atom. The number of carbonyl (C=O) groups is 1. The lowest BCUT2D eigenvalue weighted by molar-refractivity contribution is 0.101. The number of nitrogens with zero attached hydrogens (tertiary/aromatic N) is 1. The fraction of sp³-hybridized carbons (Fsp3) is 0.333. The Morgan fingerprint density at radius 1 is 1.10 bits per heavy atom. The first-order valence-corrected chi connectivity index (χ1v) is 12.1. The number of rotatable bonds is 5. The molecule has 1 fully saturated rings. The third-order valence-corrected chi connectivity index (χ3v) is 6.80. The van der Waals surface area contributed by atoms with Gasteiger partial charge in [0.2, 0.25) is 0 Å². The van der Waals surface area contributed by atoms with Crippen LogP contribution in [0.2, 0.25) is 5.02 Å². The highest BCUT2D eigenvalue weighted by molar-refractivity contribution is 7.46. The lowest BCUT2D eigenvalue weighted by Crippen LogP contribution is -2.23. The summed E-state index contributed by atoms with van der Waals surface area (Å²) in [4.78, 5) is 16.9. The van der Waals surface area contributed by atoms with Crippen molar-refractivity contribution in [3.05, 3.63) is 53.2 Å². The second kappa shape index (κ2) is 8.81. The molecule has 150 valence electrons. The van der Waals surface area contributed by atoms with Crippen LogP contribution in [0.5, 0.6) is 0 Å². The molecule has 1 aliphatic carbocycles. The van der Waals surface area contributed by atoms with E-state index in [1.165, 1.54) is 24.6 Å². The van der Waals surface area contributed by atoms with E-state index in [2.05, 4.69) is 35.2 Å². The van der Waals surface area contributed by atoms with Crippen LogP contribution in [0.1, 0.15) is 49.4 Å². The number of carbonyl (C=O) groups excluding carboxylic acids is 1. The van der Waals surface area contributed by atoms with E-state index in [-0.39, 0.29) is 5.78 Å². The highest BCUT2D eigenvalue weighted by Crippen LogP contribution is 2.33. The van der Waals surface area contributed by atoms with Gasteiger partial charge in [-0.25, -0.2) is 0 Å². The molecule has 1 unspecified atom stereocenters. The first-order chi connectivity index (χ1) is 14.0. The first kappa shape index (κ1) is 20.3. The molecule has 1 heterocycles. The second-order valence-electron chi connectivity index (χ2n) is 7.79.